The van der Waals surface area contributed by atoms with E-state index >= 15 is 4.39 Å². The van der Waals surface area contributed by atoms with Crippen LogP contribution >= 0.6 is 11.3 Å². The molecule has 2 N–H and O–H groups in total. The summed E-state index contributed by atoms with van der Waals surface area (Å²) in [5.41, 5.74) is 1.76. The lowest BCUT2D eigenvalue weighted by Gasteiger charge is -2.30. The highest BCUT2D eigenvalue weighted by molar-refractivity contribution is 7.89. The fourth-order valence-corrected chi connectivity index (χ4v) is 7.49. The van der Waals surface area contributed by atoms with E-state index in [9.17, 15) is 23.1 Å². The fraction of sp³-hybridized carbons (Fsp3) is 0.273. The molecule has 13 heteroatoms. The number of rotatable bonds is 13. The predicted molar refractivity (Wildman–Crippen MR) is 172 cm³/mol. The number of carbonyl (C=O) groups excluding carboxylic acids is 2. The number of anilines is 1. The lowest BCUT2D eigenvalue weighted by Crippen LogP contribution is -2.53. The number of aryl methyl sites for hydroxylation is 1. The number of nitrogens with one attached hydrogen (secondary N) is 1. The molecule has 0 unspecified atom stereocenters. The number of hydrogen-bond donors (Lipinski definition) is 2. The third-order valence-electron chi connectivity index (χ3n) is 7.63. The number of sulfonamides is 1. The third kappa shape index (κ3) is 7.56. The van der Waals surface area contributed by atoms with Crippen LogP contribution in [0.25, 0.3) is 0 Å². The van der Waals surface area contributed by atoms with Crippen molar-refractivity contribution in [1.82, 2.24) is 9.62 Å². The van der Waals surface area contributed by atoms with Crippen LogP contribution in [0.5, 0.6) is 5.75 Å². The Morgan fingerprint density at radius 1 is 1.13 bits per heavy atom. The average molecular weight is 668 g/mol. The van der Waals surface area contributed by atoms with Gasteiger partial charge in [-0.15, -0.1) is 11.3 Å². The summed E-state index contributed by atoms with van der Waals surface area (Å²) in [7, 11) is -3.15. The minimum absolute atomic E-state index is 0.0454. The normalized spacial score (nSPS) is 16.2. The van der Waals surface area contributed by atoms with Crippen molar-refractivity contribution in [2.75, 3.05) is 25.1 Å². The first-order valence-electron chi connectivity index (χ1n) is 14.5. The largest absolute Gasteiger partial charge is 0.496 e. The number of ether oxygens (including phenoxy) is 2. The van der Waals surface area contributed by atoms with Gasteiger partial charge in [0.2, 0.25) is 10.0 Å². The number of carbonyl (C=O) groups is 2. The van der Waals surface area contributed by atoms with E-state index in [4.69, 9.17) is 9.47 Å². The van der Waals surface area contributed by atoms with Gasteiger partial charge in [-0.25, -0.2) is 17.6 Å². The lowest BCUT2D eigenvalue weighted by molar-refractivity contribution is -0.129. The van der Waals surface area contributed by atoms with Gasteiger partial charge in [-0.05, 0) is 54.1 Å². The maximum atomic E-state index is 15.2. The molecule has 1 aliphatic rings. The van der Waals surface area contributed by atoms with Gasteiger partial charge in [-0.3, -0.25) is 9.69 Å². The average Bonchev–Trinajstić information content (AvgIpc) is 3.71. The Morgan fingerprint density at radius 3 is 2.48 bits per heavy atom. The van der Waals surface area contributed by atoms with E-state index in [1.54, 1.807) is 66.9 Å². The minimum Gasteiger partial charge on any atom is -0.496 e. The summed E-state index contributed by atoms with van der Waals surface area (Å²) < 4.78 is 54.8. The van der Waals surface area contributed by atoms with Crippen molar-refractivity contribution < 1.29 is 37.0 Å². The minimum atomic E-state index is -4.51. The number of hydrogen-bond acceptors (Lipinski definition) is 8. The Hall–Kier alpha value is -4.30. The van der Waals surface area contributed by atoms with Crippen molar-refractivity contribution in [1.29, 1.82) is 0 Å². The molecule has 46 heavy (non-hydrogen) atoms. The number of benzene rings is 3. The van der Waals surface area contributed by atoms with Gasteiger partial charge >= 0.3 is 6.09 Å². The van der Waals surface area contributed by atoms with Crippen molar-refractivity contribution in [3.8, 4) is 5.75 Å². The van der Waals surface area contributed by atoms with Crippen LogP contribution in [0.4, 0.5) is 14.9 Å². The Balaban J connectivity index is 1.42. The quantitative estimate of drug-likeness (QED) is 0.215. The number of halogens is 1. The molecule has 2 heterocycles. The standard InChI is InChI=1S/C33H34FN3O7S2/c1-22-16-26(34)31(18-29(22)43-2)46(41,42)36(19-25-14-9-15-45-25)20-28(38)27(17-23-10-5-3-6-11-23)35-32(39)30-21-37(33(40)44-30)24-12-7-4-8-13-24/h3-16,18,27-28,30,38H,17,19-21H2,1-2H3,(H,35,39)/t27-,28+,30-/m0/s1. The Labute approximate surface area is 271 Å². The van der Waals surface area contributed by atoms with Gasteiger partial charge in [0, 0.05) is 29.7 Å². The Kier molecular flexibility index (Phi) is 10.4. The van der Waals surface area contributed by atoms with Gasteiger partial charge in [-0.2, -0.15) is 4.31 Å². The first kappa shape index (κ1) is 33.1. The van der Waals surface area contributed by atoms with Crippen LogP contribution in [0.1, 0.15) is 16.0 Å². The molecule has 1 fully saturated rings. The van der Waals surface area contributed by atoms with Crippen molar-refractivity contribution in [3.63, 3.8) is 0 Å². The van der Waals surface area contributed by atoms with Gasteiger partial charge in [0.15, 0.2) is 6.10 Å². The summed E-state index contributed by atoms with van der Waals surface area (Å²) >= 11 is 1.31. The summed E-state index contributed by atoms with van der Waals surface area (Å²) in [6.07, 6.45) is -3.17. The van der Waals surface area contributed by atoms with E-state index in [0.29, 0.717) is 16.1 Å². The zero-order chi connectivity index (χ0) is 32.8. The van der Waals surface area contributed by atoms with E-state index in [1.807, 2.05) is 18.2 Å². The Bertz CT molecular complexity index is 1760. The molecule has 0 bridgehead atoms. The summed E-state index contributed by atoms with van der Waals surface area (Å²) in [5.74, 6) is -1.40. The Morgan fingerprint density at radius 2 is 1.83 bits per heavy atom. The van der Waals surface area contributed by atoms with Crippen LogP contribution in [-0.2, 0) is 32.5 Å². The van der Waals surface area contributed by atoms with Crippen LogP contribution in [0.3, 0.4) is 0 Å². The molecule has 3 atom stereocenters. The third-order valence-corrected chi connectivity index (χ3v) is 10.3. The number of nitrogens with zero attached hydrogens (tertiary/aromatic N) is 2. The maximum absolute atomic E-state index is 15.2. The highest BCUT2D eigenvalue weighted by Gasteiger charge is 2.39. The maximum Gasteiger partial charge on any atom is 0.415 e. The van der Waals surface area contributed by atoms with Gasteiger partial charge in [0.1, 0.15) is 16.5 Å². The van der Waals surface area contributed by atoms with E-state index in [2.05, 4.69) is 5.32 Å². The van der Waals surface area contributed by atoms with Gasteiger partial charge in [-0.1, -0.05) is 54.6 Å². The van der Waals surface area contributed by atoms with Crippen molar-refractivity contribution >= 4 is 39.0 Å². The van der Waals surface area contributed by atoms with E-state index < -0.39 is 57.5 Å². The summed E-state index contributed by atoms with van der Waals surface area (Å²) in [4.78, 5) is 27.5. The molecule has 0 saturated carbocycles. The zero-order valence-corrected chi connectivity index (χ0v) is 26.8. The predicted octanol–water partition coefficient (Wildman–Crippen LogP) is 4.51. The van der Waals surface area contributed by atoms with Crippen LogP contribution in [-0.4, -0.2) is 68.3 Å². The topological polar surface area (TPSA) is 125 Å². The summed E-state index contributed by atoms with van der Waals surface area (Å²) in [6, 6.07) is 22.5. The van der Waals surface area contributed by atoms with Gasteiger partial charge in [0.05, 0.1) is 25.8 Å². The molecule has 2 amide bonds. The molecule has 3 aromatic carbocycles. The molecule has 0 radical (unpaired) electrons. The number of para-hydroxylation sites is 1. The van der Waals surface area contributed by atoms with Crippen LogP contribution in [0, 0.1) is 12.7 Å². The molecule has 0 aliphatic carbocycles. The number of aliphatic hydroxyl groups is 1. The molecule has 4 aromatic rings. The smallest absolute Gasteiger partial charge is 0.415 e. The zero-order valence-electron chi connectivity index (χ0n) is 25.2. The highest BCUT2D eigenvalue weighted by atomic mass is 32.2. The number of methoxy groups -OCH3 is 1. The first-order chi connectivity index (χ1) is 22.1. The highest BCUT2D eigenvalue weighted by Crippen LogP contribution is 2.29. The second-order valence-electron chi connectivity index (χ2n) is 10.8. The number of thiophene rings is 1. The molecule has 242 valence electrons. The molecular formula is C33H34FN3O7S2. The van der Waals surface area contributed by atoms with Gasteiger partial charge < -0.3 is 19.9 Å². The lowest BCUT2D eigenvalue weighted by atomic mass is 10.0. The monoisotopic (exact) mass is 667 g/mol. The molecule has 1 aliphatic heterocycles. The molecular weight excluding hydrogens is 634 g/mol. The number of amides is 2. The summed E-state index contributed by atoms with van der Waals surface area (Å²) in [6.45, 7) is 0.929. The van der Waals surface area contributed by atoms with Crippen molar-refractivity contribution in [2.45, 2.75) is 43.0 Å². The molecule has 1 aromatic heterocycles. The number of cyclic esters (lactones) is 1. The van der Waals surface area contributed by atoms with Crippen LogP contribution in [0.15, 0.2) is 95.2 Å². The number of aliphatic hydroxyl groups excluding tert-OH is 1. The second-order valence-corrected chi connectivity index (χ2v) is 13.8. The van der Waals surface area contributed by atoms with E-state index in [1.165, 1.54) is 23.3 Å². The van der Waals surface area contributed by atoms with E-state index in [-0.39, 0.29) is 25.3 Å². The van der Waals surface area contributed by atoms with Gasteiger partial charge in [0.25, 0.3) is 5.91 Å². The molecule has 1 saturated heterocycles. The second kappa shape index (κ2) is 14.4. The first-order valence-corrected chi connectivity index (χ1v) is 16.8. The van der Waals surface area contributed by atoms with Crippen molar-refractivity contribution in [3.05, 3.63) is 112 Å². The molecule has 0 spiro atoms. The molecule has 10 nitrogen and oxygen atoms in total. The molecule has 5 rings (SSSR count). The van der Waals surface area contributed by atoms with Crippen molar-refractivity contribution in [2.24, 2.45) is 0 Å². The SMILES string of the molecule is COc1cc(S(=O)(=O)N(Cc2cccs2)C[C@@H](O)[C@H](Cc2ccccc2)NC(=O)[C@@H]2CN(c3ccccc3)C(=O)O2)c(F)cc1C. The van der Waals surface area contributed by atoms with Crippen LogP contribution < -0.4 is 15.0 Å². The summed E-state index contributed by atoms with van der Waals surface area (Å²) in [5, 5.41) is 16.2. The van der Waals surface area contributed by atoms with Crippen LogP contribution in [0.2, 0.25) is 0 Å². The van der Waals surface area contributed by atoms with E-state index in [0.717, 1.165) is 22.0 Å². The fourth-order valence-electron chi connectivity index (χ4n) is 5.20.